The molecule has 0 bridgehead atoms. The van der Waals surface area contributed by atoms with E-state index in [9.17, 15) is 13.6 Å². The highest BCUT2D eigenvalue weighted by atomic mass is 19.3. The number of alkyl halides is 2. The standard InChI is InChI=1S/C32H44F2N2O3/c1-6-32(33,34)31(5)16-10-14-23(17-31)35-25-20-38-26(19-36-18-22-11-7-8-15-24(22)29(36)37)28(39-30(2,3)4)27(25)21-12-9-13-21/h7-8,10-11,14-16,21,25-28,35H,6,9,12-13,17-20H2,1-5H3/t25-,26+,27+,28-,31?/m0/s1. The zero-order valence-electron chi connectivity index (χ0n) is 24.0. The molecule has 2 aliphatic carbocycles. The number of amides is 1. The van der Waals surface area contributed by atoms with E-state index in [1.54, 1.807) is 26.0 Å². The number of fused-ring (bicyclic) bond motifs is 1. The number of halogens is 2. The Balaban J connectivity index is 1.37. The van der Waals surface area contributed by atoms with Gasteiger partial charge in [-0.2, -0.15) is 0 Å². The number of allylic oxidation sites excluding steroid dienone is 4. The summed E-state index contributed by atoms with van der Waals surface area (Å²) < 4.78 is 43.0. The molecule has 1 saturated heterocycles. The first-order valence-corrected chi connectivity index (χ1v) is 14.6. The van der Waals surface area contributed by atoms with E-state index < -0.39 is 16.9 Å². The molecule has 5 rings (SSSR count). The third-order valence-electron chi connectivity index (χ3n) is 9.15. The fourth-order valence-corrected chi connectivity index (χ4v) is 6.75. The van der Waals surface area contributed by atoms with Crippen molar-refractivity contribution < 1.29 is 23.0 Å². The summed E-state index contributed by atoms with van der Waals surface area (Å²) in [6.45, 7) is 10.9. The quantitative estimate of drug-likeness (QED) is 0.408. The van der Waals surface area contributed by atoms with Gasteiger partial charge in [0.05, 0.1) is 36.3 Å². The maximum atomic E-state index is 14.9. The number of benzene rings is 1. The lowest BCUT2D eigenvalue weighted by molar-refractivity contribution is -0.203. The van der Waals surface area contributed by atoms with E-state index in [4.69, 9.17) is 9.47 Å². The first-order valence-electron chi connectivity index (χ1n) is 14.6. The Morgan fingerprint density at radius 1 is 1.21 bits per heavy atom. The van der Waals surface area contributed by atoms with E-state index in [1.807, 2.05) is 35.2 Å². The van der Waals surface area contributed by atoms with Crippen LogP contribution < -0.4 is 5.32 Å². The number of carbonyl (C=O) groups excluding carboxylic acids is 1. The monoisotopic (exact) mass is 542 g/mol. The fraction of sp³-hybridized carbons (Fsp3) is 0.656. The Hall–Kier alpha value is -2.25. The first kappa shape index (κ1) is 28.3. The van der Waals surface area contributed by atoms with Crippen LogP contribution in [-0.2, 0) is 16.0 Å². The van der Waals surface area contributed by atoms with Crippen LogP contribution in [0.4, 0.5) is 8.78 Å². The van der Waals surface area contributed by atoms with Gasteiger partial charge < -0.3 is 19.7 Å². The molecule has 0 radical (unpaired) electrons. The maximum Gasteiger partial charge on any atom is 0.256 e. The molecule has 0 spiro atoms. The third-order valence-corrected chi connectivity index (χ3v) is 9.15. The lowest BCUT2D eigenvalue weighted by Gasteiger charge is -2.51. The van der Waals surface area contributed by atoms with E-state index >= 15 is 0 Å². The van der Waals surface area contributed by atoms with Crippen molar-refractivity contribution in [2.24, 2.45) is 17.3 Å². The summed E-state index contributed by atoms with van der Waals surface area (Å²) in [5.74, 6) is -2.12. The Morgan fingerprint density at radius 2 is 1.95 bits per heavy atom. The fourth-order valence-electron chi connectivity index (χ4n) is 6.75. The Labute approximate surface area is 232 Å². The smallest absolute Gasteiger partial charge is 0.256 e. The zero-order chi connectivity index (χ0) is 28.0. The van der Waals surface area contributed by atoms with Crippen molar-refractivity contribution in [3.05, 3.63) is 59.3 Å². The molecule has 39 heavy (non-hydrogen) atoms. The van der Waals surface area contributed by atoms with Crippen LogP contribution in [0.2, 0.25) is 0 Å². The van der Waals surface area contributed by atoms with Gasteiger partial charge in [-0.1, -0.05) is 43.7 Å². The van der Waals surface area contributed by atoms with Gasteiger partial charge >= 0.3 is 0 Å². The number of hydrogen-bond donors (Lipinski definition) is 1. The van der Waals surface area contributed by atoms with E-state index in [1.165, 1.54) is 6.42 Å². The third kappa shape index (κ3) is 5.67. The number of nitrogens with one attached hydrogen (secondary N) is 1. The van der Waals surface area contributed by atoms with E-state index in [-0.39, 0.29) is 42.9 Å². The van der Waals surface area contributed by atoms with Crippen LogP contribution in [0.5, 0.6) is 0 Å². The molecule has 214 valence electrons. The van der Waals surface area contributed by atoms with Crippen LogP contribution in [0.25, 0.3) is 0 Å². The van der Waals surface area contributed by atoms with Crippen molar-refractivity contribution in [2.75, 3.05) is 13.2 Å². The van der Waals surface area contributed by atoms with Gasteiger partial charge in [0.1, 0.15) is 6.10 Å². The molecule has 1 amide bonds. The predicted molar refractivity (Wildman–Crippen MR) is 148 cm³/mol. The van der Waals surface area contributed by atoms with Gasteiger partial charge in [0.25, 0.3) is 11.8 Å². The van der Waals surface area contributed by atoms with Gasteiger partial charge in [-0.15, -0.1) is 0 Å². The molecule has 2 fully saturated rings. The molecule has 5 nitrogen and oxygen atoms in total. The minimum Gasteiger partial charge on any atom is -0.383 e. The summed E-state index contributed by atoms with van der Waals surface area (Å²) in [5, 5.41) is 3.65. The van der Waals surface area contributed by atoms with Crippen molar-refractivity contribution in [1.29, 1.82) is 0 Å². The normalized spacial score (nSPS) is 31.6. The largest absolute Gasteiger partial charge is 0.383 e. The van der Waals surface area contributed by atoms with Gasteiger partial charge in [0.15, 0.2) is 0 Å². The Bertz CT molecular complexity index is 1120. The lowest BCUT2D eigenvalue weighted by atomic mass is 9.68. The number of rotatable bonds is 8. The summed E-state index contributed by atoms with van der Waals surface area (Å²) in [5.41, 5.74) is 1.01. The zero-order valence-corrected chi connectivity index (χ0v) is 24.0. The summed E-state index contributed by atoms with van der Waals surface area (Å²) in [6, 6.07) is 7.72. The van der Waals surface area contributed by atoms with Crippen molar-refractivity contribution in [1.82, 2.24) is 10.2 Å². The number of carbonyl (C=O) groups is 1. The summed E-state index contributed by atoms with van der Waals surface area (Å²) in [4.78, 5) is 15.1. The van der Waals surface area contributed by atoms with Gasteiger partial charge in [-0.3, -0.25) is 4.79 Å². The van der Waals surface area contributed by atoms with E-state index in [0.717, 1.165) is 29.7 Å². The SMILES string of the molecule is CCC(F)(F)C1(C)C=CC=C(N[C@H]2CO[C@H](CN3Cc4ccccc4C3=O)[C@H](OC(C)(C)C)[C@@H]2C2CCC2)C1. The molecule has 1 saturated carbocycles. The molecular weight excluding hydrogens is 498 g/mol. The van der Waals surface area contributed by atoms with Gasteiger partial charge in [0.2, 0.25) is 0 Å². The molecule has 1 aromatic carbocycles. The van der Waals surface area contributed by atoms with Crippen LogP contribution in [-0.4, -0.2) is 53.7 Å². The van der Waals surface area contributed by atoms with Crippen molar-refractivity contribution in [3.8, 4) is 0 Å². The average molecular weight is 543 g/mol. The molecule has 7 heteroatoms. The summed E-state index contributed by atoms with van der Waals surface area (Å²) in [6.07, 6.45) is 8.35. The molecule has 2 aliphatic heterocycles. The molecule has 1 N–H and O–H groups in total. The molecule has 5 atom stereocenters. The second-order valence-electron chi connectivity index (χ2n) is 13.1. The second kappa shape index (κ2) is 10.6. The highest BCUT2D eigenvalue weighted by Crippen LogP contribution is 2.47. The van der Waals surface area contributed by atoms with Crippen LogP contribution in [0.15, 0.2) is 48.2 Å². The van der Waals surface area contributed by atoms with Crippen molar-refractivity contribution in [2.45, 2.75) is 103 Å². The predicted octanol–water partition coefficient (Wildman–Crippen LogP) is 6.49. The first-order chi connectivity index (χ1) is 18.4. The second-order valence-corrected chi connectivity index (χ2v) is 13.1. The minimum absolute atomic E-state index is 0.0411. The molecule has 4 aliphatic rings. The molecule has 0 aromatic heterocycles. The minimum atomic E-state index is -2.79. The van der Waals surface area contributed by atoms with Gasteiger partial charge in [-0.05, 0) is 64.2 Å². The molecular formula is C32H44F2N2O3. The van der Waals surface area contributed by atoms with Gasteiger partial charge in [0, 0.05) is 36.6 Å². The molecule has 1 aromatic rings. The Kier molecular flexibility index (Phi) is 7.70. The number of hydrogen-bond acceptors (Lipinski definition) is 4. The maximum absolute atomic E-state index is 14.9. The van der Waals surface area contributed by atoms with Crippen LogP contribution >= 0.6 is 0 Å². The topological polar surface area (TPSA) is 50.8 Å². The Morgan fingerprint density at radius 3 is 2.59 bits per heavy atom. The van der Waals surface area contributed by atoms with Crippen LogP contribution in [0.3, 0.4) is 0 Å². The highest BCUT2D eigenvalue weighted by molar-refractivity contribution is 5.98. The summed E-state index contributed by atoms with van der Waals surface area (Å²) in [7, 11) is 0. The summed E-state index contributed by atoms with van der Waals surface area (Å²) >= 11 is 0. The lowest BCUT2D eigenvalue weighted by Crippen LogP contribution is -2.62. The van der Waals surface area contributed by atoms with E-state index in [0.29, 0.717) is 25.6 Å². The highest BCUT2D eigenvalue weighted by Gasteiger charge is 2.51. The molecule has 2 heterocycles. The van der Waals surface area contributed by atoms with E-state index in [2.05, 4.69) is 26.1 Å². The van der Waals surface area contributed by atoms with Gasteiger partial charge in [-0.25, -0.2) is 8.78 Å². The van der Waals surface area contributed by atoms with Crippen molar-refractivity contribution in [3.63, 3.8) is 0 Å². The number of nitrogens with zero attached hydrogens (tertiary/aromatic N) is 1. The number of ether oxygens (including phenoxy) is 2. The molecule has 1 unspecified atom stereocenters. The van der Waals surface area contributed by atoms with Crippen LogP contribution in [0, 0.1) is 17.3 Å². The average Bonchev–Trinajstić information content (AvgIpc) is 3.16. The van der Waals surface area contributed by atoms with Crippen LogP contribution in [0.1, 0.15) is 82.6 Å². The van der Waals surface area contributed by atoms with Crippen molar-refractivity contribution >= 4 is 5.91 Å².